The first-order valence-electron chi connectivity index (χ1n) is 10.1. The zero-order chi connectivity index (χ0) is 22.7. The van der Waals surface area contributed by atoms with Crippen molar-refractivity contribution < 1.29 is 23.5 Å². The van der Waals surface area contributed by atoms with E-state index in [9.17, 15) is 14.0 Å². The van der Waals surface area contributed by atoms with Gasteiger partial charge in [-0.15, -0.1) is 0 Å². The van der Waals surface area contributed by atoms with Crippen molar-refractivity contribution in [3.63, 3.8) is 0 Å². The van der Waals surface area contributed by atoms with Crippen LogP contribution < -0.4 is 19.7 Å². The molecule has 0 radical (unpaired) electrons. The van der Waals surface area contributed by atoms with Gasteiger partial charge < -0.3 is 14.8 Å². The summed E-state index contributed by atoms with van der Waals surface area (Å²) in [5.41, 5.74) is 0.981. The van der Waals surface area contributed by atoms with E-state index in [-0.39, 0.29) is 17.0 Å². The van der Waals surface area contributed by atoms with Crippen LogP contribution in [0.2, 0.25) is 0 Å². The van der Waals surface area contributed by atoms with Gasteiger partial charge in [0, 0.05) is 17.3 Å². The predicted octanol–water partition coefficient (Wildman–Crippen LogP) is 4.63. The van der Waals surface area contributed by atoms with Gasteiger partial charge in [-0.1, -0.05) is 36.4 Å². The molecule has 1 aliphatic rings. The number of benzene rings is 3. The van der Waals surface area contributed by atoms with Crippen LogP contribution in [0.1, 0.15) is 12.5 Å². The Labute approximate surface area is 184 Å². The SMILES string of the molecule is CCOc1cccc(NC2=C(c3ccccc3OC)C(=O)N(c3ccccc3F)C2=O)c1. The number of carbonyl (C=O) groups is 2. The highest BCUT2D eigenvalue weighted by Gasteiger charge is 2.42. The third kappa shape index (κ3) is 3.80. The summed E-state index contributed by atoms with van der Waals surface area (Å²) in [7, 11) is 1.48. The van der Waals surface area contributed by atoms with E-state index in [0.29, 0.717) is 29.4 Å². The molecule has 0 spiro atoms. The lowest BCUT2D eigenvalue weighted by atomic mass is 10.0. The number of para-hydroxylation sites is 2. The molecule has 0 unspecified atom stereocenters. The van der Waals surface area contributed by atoms with Gasteiger partial charge in [0.2, 0.25) is 0 Å². The fraction of sp³-hybridized carbons (Fsp3) is 0.120. The van der Waals surface area contributed by atoms with Crippen LogP contribution in [-0.4, -0.2) is 25.5 Å². The number of hydrogen-bond donors (Lipinski definition) is 1. The molecular weight excluding hydrogens is 411 g/mol. The highest BCUT2D eigenvalue weighted by molar-refractivity contribution is 6.46. The van der Waals surface area contributed by atoms with Gasteiger partial charge >= 0.3 is 0 Å². The molecule has 162 valence electrons. The molecule has 4 rings (SSSR count). The number of hydrogen-bond acceptors (Lipinski definition) is 5. The van der Waals surface area contributed by atoms with Gasteiger partial charge in [0.15, 0.2) is 0 Å². The molecular formula is C25H21FN2O4. The molecule has 1 aliphatic heterocycles. The van der Waals surface area contributed by atoms with Crippen molar-refractivity contribution in [3.8, 4) is 11.5 Å². The molecule has 1 heterocycles. The van der Waals surface area contributed by atoms with Crippen molar-refractivity contribution in [3.05, 3.63) is 89.9 Å². The van der Waals surface area contributed by atoms with E-state index in [1.807, 2.05) is 6.92 Å². The summed E-state index contributed by atoms with van der Waals surface area (Å²) in [4.78, 5) is 27.7. The van der Waals surface area contributed by atoms with Gasteiger partial charge in [-0.25, -0.2) is 9.29 Å². The van der Waals surface area contributed by atoms with E-state index in [1.54, 1.807) is 54.6 Å². The Hall–Kier alpha value is -4.13. The van der Waals surface area contributed by atoms with Crippen LogP contribution >= 0.6 is 0 Å². The maximum Gasteiger partial charge on any atom is 0.282 e. The molecule has 1 N–H and O–H groups in total. The molecule has 3 aromatic carbocycles. The highest BCUT2D eigenvalue weighted by Crippen LogP contribution is 2.38. The molecule has 0 aromatic heterocycles. The van der Waals surface area contributed by atoms with Crippen LogP contribution in [0.5, 0.6) is 11.5 Å². The molecule has 0 aliphatic carbocycles. The number of halogens is 1. The van der Waals surface area contributed by atoms with E-state index in [0.717, 1.165) is 4.90 Å². The molecule has 7 heteroatoms. The highest BCUT2D eigenvalue weighted by atomic mass is 19.1. The van der Waals surface area contributed by atoms with Crippen LogP contribution in [0.15, 0.2) is 78.5 Å². The first-order valence-corrected chi connectivity index (χ1v) is 10.1. The third-order valence-electron chi connectivity index (χ3n) is 4.97. The number of imide groups is 1. The minimum Gasteiger partial charge on any atom is -0.496 e. The molecule has 3 aromatic rings. The van der Waals surface area contributed by atoms with E-state index >= 15 is 0 Å². The Morgan fingerprint density at radius 2 is 1.69 bits per heavy atom. The van der Waals surface area contributed by atoms with Crippen molar-refractivity contribution in [1.82, 2.24) is 0 Å². The standard InChI is InChI=1S/C25H21FN2O4/c1-3-32-17-10-8-9-16(15-17)27-23-22(18-11-4-7-14-21(18)31-2)24(29)28(25(23)30)20-13-6-5-12-19(20)26/h4-15,27H,3H2,1-2H3. The van der Waals surface area contributed by atoms with E-state index in [1.165, 1.54) is 25.3 Å². The minimum absolute atomic E-state index is 0.0244. The largest absolute Gasteiger partial charge is 0.496 e. The monoisotopic (exact) mass is 432 g/mol. The smallest absolute Gasteiger partial charge is 0.282 e. The summed E-state index contributed by atoms with van der Waals surface area (Å²) < 4.78 is 25.5. The topological polar surface area (TPSA) is 67.9 Å². The first-order chi connectivity index (χ1) is 15.5. The number of methoxy groups -OCH3 is 1. The molecule has 0 saturated carbocycles. The summed E-state index contributed by atoms with van der Waals surface area (Å²) in [6.45, 7) is 2.35. The summed E-state index contributed by atoms with van der Waals surface area (Å²) in [6.07, 6.45) is 0. The molecule has 2 amide bonds. The van der Waals surface area contributed by atoms with Gasteiger partial charge in [-0.2, -0.15) is 0 Å². The lowest BCUT2D eigenvalue weighted by Gasteiger charge is -2.16. The first kappa shape index (κ1) is 21.1. The van der Waals surface area contributed by atoms with Crippen LogP contribution in [0.4, 0.5) is 15.8 Å². The molecule has 0 fully saturated rings. The molecule has 0 bridgehead atoms. The van der Waals surface area contributed by atoms with E-state index < -0.39 is 17.6 Å². The van der Waals surface area contributed by atoms with Crippen molar-refractivity contribution in [2.45, 2.75) is 6.92 Å². The van der Waals surface area contributed by atoms with Crippen molar-refractivity contribution in [2.24, 2.45) is 0 Å². The lowest BCUT2D eigenvalue weighted by Crippen LogP contribution is -2.33. The Morgan fingerprint density at radius 1 is 0.938 bits per heavy atom. The van der Waals surface area contributed by atoms with Crippen molar-refractivity contribution in [1.29, 1.82) is 0 Å². The normalized spacial score (nSPS) is 13.5. The number of nitrogens with zero attached hydrogens (tertiary/aromatic N) is 1. The van der Waals surface area contributed by atoms with Crippen LogP contribution in [0.3, 0.4) is 0 Å². The number of ether oxygens (including phenoxy) is 2. The molecule has 6 nitrogen and oxygen atoms in total. The number of anilines is 2. The fourth-order valence-electron chi connectivity index (χ4n) is 3.57. The van der Waals surface area contributed by atoms with Gasteiger partial charge in [0.25, 0.3) is 11.8 Å². The third-order valence-corrected chi connectivity index (χ3v) is 4.97. The summed E-state index contributed by atoms with van der Waals surface area (Å²) in [5.74, 6) is -0.954. The van der Waals surface area contributed by atoms with Gasteiger partial charge in [0.05, 0.1) is 25.0 Å². The average molecular weight is 432 g/mol. The number of carbonyl (C=O) groups excluding carboxylic acids is 2. The van der Waals surface area contributed by atoms with Crippen LogP contribution in [0.25, 0.3) is 5.57 Å². The second-order valence-corrected chi connectivity index (χ2v) is 6.93. The Balaban J connectivity index is 1.85. The maximum absolute atomic E-state index is 14.5. The minimum atomic E-state index is -0.673. The zero-order valence-corrected chi connectivity index (χ0v) is 17.6. The molecule has 0 saturated heterocycles. The van der Waals surface area contributed by atoms with Gasteiger partial charge in [-0.3, -0.25) is 9.59 Å². The van der Waals surface area contributed by atoms with Gasteiger partial charge in [0.1, 0.15) is 23.0 Å². The van der Waals surface area contributed by atoms with Crippen LogP contribution in [0, 0.1) is 5.82 Å². The average Bonchev–Trinajstić information content (AvgIpc) is 3.04. The second kappa shape index (κ2) is 8.93. The van der Waals surface area contributed by atoms with E-state index in [4.69, 9.17) is 9.47 Å². The van der Waals surface area contributed by atoms with Crippen molar-refractivity contribution >= 4 is 28.8 Å². The zero-order valence-electron chi connectivity index (χ0n) is 17.6. The summed E-state index contributed by atoms with van der Waals surface area (Å²) >= 11 is 0. The lowest BCUT2D eigenvalue weighted by molar-refractivity contribution is -0.120. The fourth-order valence-corrected chi connectivity index (χ4v) is 3.57. The van der Waals surface area contributed by atoms with Crippen molar-refractivity contribution in [2.75, 3.05) is 23.9 Å². The summed E-state index contributed by atoms with van der Waals surface area (Å²) in [6, 6.07) is 19.6. The number of amides is 2. The van der Waals surface area contributed by atoms with E-state index in [2.05, 4.69) is 5.32 Å². The van der Waals surface area contributed by atoms with Gasteiger partial charge in [-0.05, 0) is 37.3 Å². The summed E-state index contributed by atoms with van der Waals surface area (Å²) in [5, 5.41) is 3.05. The molecule has 0 atom stereocenters. The van der Waals surface area contributed by atoms with Crippen LogP contribution in [-0.2, 0) is 9.59 Å². The Kier molecular flexibility index (Phi) is 5.89. The number of nitrogens with one attached hydrogen (secondary N) is 1. The maximum atomic E-state index is 14.5. The Bertz CT molecular complexity index is 1220. The predicted molar refractivity (Wildman–Crippen MR) is 120 cm³/mol. The molecule has 32 heavy (non-hydrogen) atoms. The second-order valence-electron chi connectivity index (χ2n) is 6.93. The number of rotatable bonds is 7. The Morgan fingerprint density at radius 3 is 2.44 bits per heavy atom. The quantitative estimate of drug-likeness (QED) is 0.552.